The maximum atomic E-state index is 15.3. The second-order valence-electron chi connectivity index (χ2n) is 10.1. The third kappa shape index (κ3) is 5.06. The largest absolute Gasteiger partial charge is 0.371 e. The van der Waals surface area contributed by atoms with E-state index in [1.54, 1.807) is 12.1 Å². The van der Waals surface area contributed by atoms with Gasteiger partial charge in [0.15, 0.2) is 5.78 Å². The topological polar surface area (TPSA) is 60.9 Å². The number of rotatable bonds is 5. The van der Waals surface area contributed by atoms with Crippen LogP contribution in [0, 0.1) is 5.82 Å². The summed E-state index contributed by atoms with van der Waals surface area (Å²) in [5.74, 6) is -0.170. The summed E-state index contributed by atoms with van der Waals surface area (Å²) in [4.78, 5) is 16.2. The lowest BCUT2D eigenvalue weighted by Crippen LogP contribution is -2.46. The molecule has 6 nitrogen and oxygen atoms in total. The predicted octanol–water partition coefficient (Wildman–Crippen LogP) is 4.64. The molecule has 2 atom stereocenters. The number of carbonyl (C=O) groups is 1. The van der Waals surface area contributed by atoms with Crippen molar-refractivity contribution in [3.05, 3.63) is 77.2 Å². The maximum absolute atomic E-state index is 15.3. The molecule has 2 aromatic carbocycles. The number of allylic oxidation sites excluding steroid dienone is 2. The highest BCUT2D eigenvalue weighted by Crippen LogP contribution is 2.38. The quantitative estimate of drug-likeness (QED) is 0.585. The minimum Gasteiger partial charge on any atom is -0.371 e. The van der Waals surface area contributed by atoms with Crippen molar-refractivity contribution >= 4 is 21.5 Å². The Balaban J connectivity index is 1.27. The first-order valence-electron chi connectivity index (χ1n) is 12.9. The number of sulfonamides is 1. The number of benzene rings is 2. The van der Waals surface area contributed by atoms with Crippen LogP contribution in [0.2, 0.25) is 0 Å². The fourth-order valence-electron chi connectivity index (χ4n) is 5.66. The molecule has 0 spiro atoms. The molecule has 0 aromatic heterocycles. The van der Waals surface area contributed by atoms with Gasteiger partial charge in [0.25, 0.3) is 0 Å². The lowest BCUT2D eigenvalue weighted by atomic mass is 10.0. The van der Waals surface area contributed by atoms with E-state index in [1.807, 2.05) is 43.3 Å². The summed E-state index contributed by atoms with van der Waals surface area (Å²) in [5, 5.41) is -0.594. The van der Waals surface area contributed by atoms with Gasteiger partial charge in [0, 0.05) is 68.2 Å². The van der Waals surface area contributed by atoms with Gasteiger partial charge in [-0.1, -0.05) is 36.4 Å². The highest BCUT2D eigenvalue weighted by atomic mass is 32.2. The first kappa shape index (κ1) is 25.0. The Morgan fingerprint density at radius 1 is 0.944 bits per heavy atom. The van der Waals surface area contributed by atoms with Crippen LogP contribution in [-0.4, -0.2) is 55.6 Å². The van der Waals surface area contributed by atoms with Crippen LogP contribution in [0.15, 0.2) is 60.3 Å². The predicted molar refractivity (Wildman–Crippen MR) is 139 cm³/mol. The summed E-state index contributed by atoms with van der Waals surface area (Å²) >= 11 is 0. The van der Waals surface area contributed by atoms with E-state index in [4.69, 9.17) is 0 Å². The van der Waals surface area contributed by atoms with Gasteiger partial charge >= 0.3 is 0 Å². The van der Waals surface area contributed by atoms with Gasteiger partial charge < -0.3 is 9.80 Å². The number of anilines is 1. The summed E-state index contributed by atoms with van der Waals surface area (Å²) in [6, 6.07) is 14.3. The average molecular weight is 512 g/mol. The highest BCUT2D eigenvalue weighted by Gasteiger charge is 2.40. The van der Waals surface area contributed by atoms with Crippen molar-refractivity contribution in [2.24, 2.45) is 0 Å². The molecular weight excluding hydrogens is 477 g/mol. The minimum absolute atomic E-state index is 0.0366. The zero-order chi connectivity index (χ0) is 25.3. The molecule has 0 N–H and O–H groups in total. The van der Waals surface area contributed by atoms with Gasteiger partial charge in [-0.3, -0.25) is 4.79 Å². The van der Waals surface area contributed by atoms with Gasteiger partial charge in [-0.15, -0.1) is 0 Å². The summed E-state index contributed by atoms with van der Waals surface area (Å²) in [7, 11) is -3.61. The lowest BCUT2D eigenvalue weighted by molar-refractivity contribution is -0.115. The Labute approximate surface area is 213 Å². The number of hydrogen-bond donors (Lipinski definition) is 0. The molecule has 0 saturated carbocycles. The van der Waals surface area contributed by atoms with Crippen molar-refractivity contribution in [2.75, 3.05) is 31.1 Å². The average Bonchev–Trinajstić information content (AvgIpc) is 2.88. The van der Waals surface area contributed by atoms with E-state index < -0.39 is 15.3 Å². The molecule has 36 heavy (non-hydrogen) atoms. The molecule has 1 aliphatic carbocycles. The van der Waals surface area contributed by atoms with Crippen LogP contribution in [0.25, 0.3) is 0 Å². The molecule has 2 heterocycles. The van der Waals surface area contributed by atoms with Gasteiger partial charge in [0.05, 0.1) is 0 Å². The number of ketones is 1. The van der Waals surface area contributed by atoms with Crippen molar-refractivity contribution in [1.82, 2.24) is 9.21 Å². The van der Waals surface area contributed by atoms with Gasteiger partial charge in [-0.2, -0.15) is 4.31 Å². The second kappa shape index (κ2) is 10.3. The first-order valence-corrected chi connectivity index (χ1v) is 14.4. The number of piperazine rings is 1. The molecule has 2 aliphatic heterocycles. The van der Waals surface area contributed by atoms with Gasteiger partial charge in [-0.05, 0) is 50.3 Å². The Kier molecular flexibility index (Phi) is 7.17. The van der Waals surface area contributed by atoms with Crippen molar-refractivity contribution in [3.8, 4) is 0 Å². The Morgan fingerprint density at radius 2 is 1.67 bits per heavy atom. The zero-order valence-electron chi connectivity index (χ0n) is 20.8. The maximum Gasteiger partial charge on any atom is 0.221 e. The smallest absolute Gasteiger partial charge is 0.221 e. The van der Waals surface area contributed by atoms with Crippen molar-refractivity contribution in [1.29, 1.82) is 0 Å². The lowest BCUT2D eigenvalue weighted by Gasteiger charge is -2.39. The molecule has 2 fully saturated rings. The number of carbonyl (C=O) groups excluding carboxylic acids is 1. The minimum atomic E-state index is -3.61. The molecule has 0 bridgehead atoms. The van der Waals surface area contributed by atoms with Crippen molar-refractivity contribution in [2.45, 2.75) is 56.9 Å². The summed E-state index contributed by atoms with van der Waals surface area (Å²) in [5.41, 5.74) is 3.12. The van der Waals surface area contributed by atoms with Crippen LogP contribution in [0.5, 0.6) is 0 Å². The molecule has 5 rings (SSSR count). The fourth-order valence-corrected chi connectivity index (χ4v) is 7.84. The van der Waals surface area contributed by atoms with Crippen LogP contribution in [-0.2, 0) is 21.4 Å². The SMILES string of the molecule is CC1CCC(c2ccccc2)S(=O)(=O)N1Cc1ccc(N2CCN(C3=CC(=O)CCC3)CC2)cc1F. The van der Waals surface area contributed by atoms with Gasteiger partial charge in [0.2, 0.25) is 10.0 Å². The Morgan fingerprint density at radius 3 is 2.36 bits per heavy atom. The molecule has 0 amide bonds. The fraction of sp³-hybridized carbons (Fsp3) is 0.464. The number of hydrogen-bond acceptors (Lipinski definition) is 5. The second-order valence-corrected chi connectivity index (χ2v) is 12.2. The van der Waals surface area contributed by atoms with Gasteiger partial charge in [0.1, 0.15) is 11.1 Å². The van der Waals surface area contributed by atoms with Crippen LogP contribution in [0.4, 0.5) is 10.1 Å². The first-order chi connectivity index (χ1) is 17.3. The molecule has 2 aromatic rings. The summed E-state index contributed by atoms with van der Waals surface area (Å²) in [6.45, 7) is 5.04. The molecule has 3 aliphatic rings. The van der Waals surface area contributed by atoms with E-state index in [2.05, 4.69) is 9.80 Å². The van der Waals surface area contributed by atoms with Gasteiger partial charge in [-0.25, -0.2) is 12.8 Å². The zero-order valence-corrected chi connectivity index (χ0v) is 21.6. The van der Waals surface area contributed by atoms with E-state index in [-0.39, 0.29) is 24.2 Å². The van der Waals surface area contributed by atoms with Crippen LogP contribution in [0.3, 0.4) is 0 Å². The molecule has 2 unspecified atom stereocenters. The highest BCUT2D eigenvalue weighted by molar-refractivity contribution is 7.89. The third-order valence-corrected chi connectivity index (χ3v) is 10.2. The third-order valence-electron chi connectivity index (χ3n) is 7.79. The molecular formula is C28H34FN3O3S. The van der Waals surface area contributed by atoms with Crippen molar-refractivity contribution < 1.29 is 17.6 Å². The normalized spacial score (nSPS) is 25.1. The monoisotopic (exact) mass is 511 g/mol. The summed E-state index contributed by atoms with van der Waals surface area (Å²) < 4.78 is 43.7. The Bertz CT molecular complexity index is 1240. The molecule has 2 saturated heterocycles. The van der Waals surface area contributed by atoms with E-state index in [0.29, 0.717) is 18.4 Å². The molecule has 192 valence electrons. The van der Waals surface area contributed by atoms with E-state index in [9.17, 15) is 13.2 Å². The standard InChI is InChI=1S/C28H34FN3O3S/c1-21-10-13-28(22-6-3-2-4-7-22)36(34,35)32(21)20-23-11-12-25(19-27(23)29)31-16-14-30(15-17-31)24-8-5-9-26(33)18-24/h2-4,6-7,11-12,18-19,21,28H,5,8-10,13-17,20H2,1H3. The van der Waals surface area contributed by atoms with E-state index >= 15 is 4.39 Å². The van der Waals surface area contributed by atoms with E-state index in [1.165, 1.54) is 10.4 Å². The molecule has 8 heteroatoms. The van der Waals surface area contributed by atoms with Crippen LogP contribution >= 0.6 is 0 Å². The number of nitrogens with zero attached hydrogens (tertiary/aromatic N) is 3. The van der Waals surface area contributed by atoms with Crippen LogP contribution in [0.1, 0.15) is 55.4 Å². The van der Waals surface area contributed by atoms with E-state index in [0.717, 1.165) is 62.4 Å². The van der Waals surface area contributed by atoms with Crippen molar-refractivity contribution in [3.63, 3.8) is 0 Å². The summed E-state index contributed by atoms with van der Waals surface area (Å²) in [6.07, 6.45) is 5.59. The van der Waals surface area contributed by atoms with Crippen LogP contribution < -0.4 is 4.90 Å². The number of halogens is 1. The molecule has 0 radical (unpaired) electrons. The Hall–Kier alpha value is -2.71.